The van der Waals surface area contributed by atoms with Gasteiger partial charge in [0.1, 0.15) is 12.1 Å². The third-order valence-electron chi connectivity index (χ3n) is 3.13. The maximum absolute atomic E-state index is 12.1. The van der Waals surface area contributed by atoms with E-state index in [-0.39, 0.29) is 0 Å². The fourth-order valence-corrected chi connectivity index (χ4v) is 1.96. The number of imide groups is 1. The number of nitrogens with zero attached hydrogens (tertiary/aromatic N) is 1. The van der Waals surface area contributed by atoms with E-state index in [0.717, 1.165) is 10.5 Å². The predicted molar refractivity (Wildman–Crippen MR) is 66.4 cm³/mol. The summed E-state index contributed by atoms with van der Waals surface area (Å²) in [5.74, 6) is -1.75. The number of amides is 3. The monoisotopic (exact) mass is 262 g/mol. The SMILES string of the molecule is Cc1ccc(C2NC(=O)N(C(C)C(=O)O)C2=O)cc1. The molecule has 1 aliphatic rings. The van der Waals surface area contributed by atoms with E-state index in [4.69, 9.17) is 5.11 Å². The van der Waals surface area contributed by atoms with E-state index >= 15 is 0 Å². The highest BCUT2D eigenvalue weighted by Gasteiger charge is 2.43. The molecule has 2 atom stereocenters. The van der Waals surface area contributed by atoms with Gasteiger partial charge in [0.25, 0.3) is 5.91 Å². The summed E-state index contributed by atoms with van der Waals surface area (Å²) in [4.78, 5) is 35.5. The molecular weight excluding hydrogens is 248 g/mol. The van der Waals surface area contributed by atoms with E-state index in [1.54, 1.807) is 12.1 Å². The first-order chi connectivity index (χ1) is 8.91. The second-order valence-corrected chi connectivity index (χ2v) is 4.52. The Morgan fingerprint density at radius 2 is 1.89 bits per heavy atom. The lowest BCUT2D eigenvalue weighted by Gasteiger charge is -2.17. The molecule has 0 aliphatic carbocycles. The van der Waals surface area contributed by atoms with Crippen molar-refractivity contribution in [2.75, 3.05) is 0 Å². The van der Waals surface area contributed by atoms with Crippen LogP contribution >= 0.6 is 0 Å². The molecule has 6 nitrogen and oxygen atoms in total. The third-order valence-corrected chi connectivity index (χ3v) is 3.13. The van der Waals surface area contributed by atoms with Crippen LogP contribution in [0.5, 0.6) is 0 Å². The van der Waals surface area contributed by atoms with E-state index in [1.807, 2.05) is 19.1 Å². The van der Waals surface area contributed by atoms with Gasteiger partial charge in [-0.15, -0.1) is 0 Å². The summed E-state index contributed by atoms with van der Waals surface area (Å²) in [5.41, 5.74) is 1.68. The van der Waals surface area contributed by atoms with Gasteiger partial charge in [0.05, 0.1) is 0 Å². The van der Waals surface area contributed by atoms with E-state index in [9.17, 15) is 14.4 Å². The Morgan fingerprint density at radius 1 is 1.32 bits per heavy atom. The largest absolute Gasteiger partial charge is 0.480 e. The maximum atomic E-state index is 12.1. The van der Waals surface area contributed by atoms with Gasteiger partial charge in [0, 0.05) is 0 Å². The van der Waals surface area contributed by atoms with Gasteiger partial charge in [-0.05, 0) is 19.4 Å². The third kappa shape index (κ3) is 2.29. The first-order valence-corrected chi connectivity index (χ1v) is 5.84. The topological polar surface area (TPSA) is 86.7 Å². The molecule has 2 N–H and O–H groups in total. The minimum atomic E-state index is -1.21. The van der Waals surface area contributed by atoms with Crippen molar-refractivity contribution in [3.05, 3.63) is 35.4 Å². The number of carboxylic acid groups (broad SMARTS) is 1. The van der Waals surface area contributed by atoms with Crippen molar-refractivity contribution in [1.82, 2.24) is 10.2 Å². The molecule has 0 aromatic heterocycles. The Bertz CT molecular complexity index is 538. The van der Waals surface area contributed by atoms with Crippen LogP contribution in [0.4, 0.5) is 4.79 Å². The Balaban J connectivity index is 2.27. The quantitative estimate of drug-likeness (QED) is 0.797. The van der Waals surface area contributed by atoms with Crippen LogP contribution < -0.4 is 5.32 Å². The molecule has 0 radical (unpaired) electrons. The van der Waals surface area contributed by atoms with Gasteiger partial charge in [0.15, 0.2) is 0 Å². The predicted octanol–water partition coefficient (Wildman–Crippen LogP) is 1.06. The Hall–Kier alpha value is -2.37. The van der Waals surface area contributed by atoms with Crippen molar-refractivity contribution in [2.24, 2.45) is 0 Å². The molecule has 1 fully saturated rings. The molecule has 0 spiro atoms. The summed E-state index contributed by atoms with van der Waals surface area (Å²) in [6.45, 7) is 3.22. The smallest absolute Gasteiger partial charge is 0.326 e. The molecule has 0 bridgehead atoms. The van der Waals surface area contributed by atoms with Crippen LogP contribution in [0, 0.1) is 6.92 Å². The molecule has 1 aliphatic heterocycles. The van der Waals surface area contributed by atoms with Crippen LogP contribution in [-0.2, 0) is 9.59 Å². The fraction of sp³-hybridized carbons (Fsp3) is 0.308. The molecule has 0 saturated carbocycles. The Morgan fingerprint density at radius 3 is 2.42 bits per heavy atom. The van der Waals surface area contributed by atoms with Gasteiger partial charge in [-0.3, -0.25) is 4.79 Å². The molecule has 100 valence electrons. The molecule has 2 rings (SSSR count). The Labute approximate surface area is 110 Å². The van der Waals surface area contributed by atoms with E-state index < -0.39 is 30.0 Å². The normalized spacial score (nSPS) is 20.3. The van der Waals surface area contributed by atoms with Crippen molar-refractivity contribution in [1.29, 1.82) is 0 Å². The average Bonchev–Trinajstić information content (AvgIpc) is 2.65. The lowest BCUT2D eigenvalue weighted by Crippen LogP contribution is -2.43. The van der Waals surface area contributed by atoms with Crippen molar-refractivity contribution in [2.45, 2.75) is 25.9 Å². The zero-order valence-electron chi connectivity index (χ0n) is 10.6. The summed E-state index contributed by atoms with van der Waals surface area (Å²) in [5, 5.41) is 11.4. The van der Waals surface area contributed by atoms with Gasteiger partial charge in [-0.1, -0.05) is 29.8 Å². The number of hydrogen-bond acceptors (Lipinski definition) is 3. The molecule has 1 aromatic carbocycles. The van der Waals surface area contributed by atoms with Crippen LogP contribution in [0.25, 0.3) is 0 Å². The lowest BCUT2D eigenvalue weighted by molar-refractivity contribution is -0.146. The molecule has 19 heavy (non-hydrogen) atoms. The van der Waals surface area contributed by atoms with Crippen LogP contribution in [0.2, 0.25) is 0 Å². The van der Waals surface area contributed by atoms with Gasteiger partial charge in [-0.2, -0.15) is 0 Å². The van der Waals surface area contributed by atoms with Crippen LogP contribution in [-0.4, -0.2) is 34.0 Å². The van der Waals surface area contributed by atoms with Crippen molar-refractivity contribution >= 4 is 17.9 Å². The summed E-state index contributed by atoms with van der Waals surface area (Å²) in [7, 11) is 0. The van der Waals surface area contributed by atoms with Crippen molar-refractivity contribution in [3.8, 4) is 0 Å². The number of hydrogen-bond donors (Lipinski definition) is 2. The second-order valence-electron chi connectivity index (χ2n) is 4.52. The van der Waals surface area contributed by atoms with Crippen molar-refractivity contribution < 1.29 is 19.5 Å². The molecular formula is C13H14N2O4. The number of nitrogens with one attached hydrogen (secondary N) is 1. The number of benzene rings is 1. The number of carboxylic acids is 1. The number of carbonyl (C=O) groups excluding carboxylic acids is 2. The summed E-state index contributed by atoms with van der Waals surface area (Å²) < 4.78 is 0. The standard InChI is InChI=1S/C13H14N2O4/c1-7-3-5-9(6-4-7)10-11(16)15(13(19)14-10)8(2)12(17)18/h3-6,8,10H,1-2H3,(H,14,19)(H,17,18). The molecule has 1 saturated heterocycles. The second kappa shape index (κ2) is 4.72. The maximum Gasteiger partial charge on any atom is 0.326 e. The van der Waals surface area contributed by atoms with E-state index in [2.05, 4.69) is 5.32 Å². The zero-order chi connectivity index (χ0) is 14.2. The van der Waals surface area contributed by atoms with Gasteiger partial charge >= 0.3 is 12.0 Å². The number of urea groups is 1. The molecule has 2 unspecified atom stereocenters. The number of carbonyl (C=O) groups is 3. The first-order valence-electron chi connectivity index (χ1n) is 5.84. The minimum Gasteiger partial charge on any atom is -0.480 e. The number of rotatable bonds is 3. The highest BCUT2D eigenvalue weighted by Crippen LogP contribution is 2.23. The van der Waals surface area contributed by atoms with Gasteiger partial charge < -0.3 is 10.4 Å². The van der Waals surface area contributed by atoms with Crippen LogP contribution in [0.3, 0.4) is 0 Å². The zero-order valence-corrected chi connectivity index (χ0v) is 10.6. The number of aliphatic carboxylic acids is 1. The van der Waals surface area contributed by atoms with E-state index in [0.29, 0.717) is 5.56 Å². The molecule has 6 heteroatoms. The minimum absolute atomic E-state index is 0.538. The van der Waals surface area contributed by atoms with Crippen LogP contribution in [0.15, 0.2) is 24.3 Å². The summed E-state index contributed by atoms with van der Waals surface area (Å²) >= 11 is 0. The number of aryl methyl sites for hydroxylation is 1. The summed E-state index contributed by atoms with van der Waals surface area (Å²) in [6, 6.07) is 4.49. The van der Waals surface area contributed by atoms with Gasteiger partial charge in [-0.25, -0.2) is 14.5 Å². The first kappa shape index (κ1) is 13.1. The molecule has 1 heterocycles. The van der Waals surface area contributed by atoms with Crippen molar-refractivity contribution in [3.63, 3.8) is 0 Å². The van der Waals surface area contributed by atoms with Crippen LogP contribution in [0.1, 0.15) is 24.1 Å². The highest BCUT2D eigenvalue weighted by atomic mass is 16.4. The highest BCUT2D eigenvalue weighted by molar-refractivity contribution is 6.07. The lowest BCUT2D eigenvalue weighted by atomic mass is 10.1. The summed E-state index contributed by atoms with van der Waals surface area (Å²) in [6.07, 6.45) is 0. The Kier molecular flexibility index (Phi) is 3.25. The molecule has 1 aromatic rings. The molecule has 3 amide bonds. The fourth-order valence-electron chi connectivity index (χ4n) is 1.96. The average molecular weight is 262 g/mol. The van der Waals surface area contributed by atoms with E-state index in [1.165, 1.54) is 6.92 Å². The van der Waals surface area contributed by atoms with Gasteiger partial charge in [0.2, 0.25) is 0 Å².